The number of nitrogens with one attached hydrogen (secondary N) is 1. The molecule has 0 saturated carbocycles. The Hall–Kier alpha value is -0.740. The Bertz CT molecular complexity index is 330. The zero-order valence-electron chi connectivity index (χ0n) is 8.11. The summed E-state index contributed by atoms with van der Waals surface area (Å²) in [4.78, 5) is 0. The van der Waals surface area contributed by atoms with Crippen molar-refractivity contribution in [2.45, 2.75) is 18.9 Å². The summed E-state index contributed by atoms with van der Waals surface area (Å²) in [7, 11) is 1.43. The van der Waals surface area contributed by atoms with Crippen LogP contribution in [0.5, 0.6) is 0 Å². The molecule has 0 radical (unpaired) electrons. The molecule has 0 heterocycles. The predicted octanol–water partition coefficient (Wildman–Crippen LogP) is 2.87. The van der Waals surface area contributed by atoms with Crippen LogP contribution in [-0.4, -0.2) is 19.5 Å². The van der Waals surface area contributed by atoms with E-state index >= 15 is 0 Å². The van der Waals surface area contributed by atoms with Gasteiger partial charge in [0.05, 0.1) is 11.1 Å². The molecule has 1 unspecified atom stereocenters. The van der Waals surface area contributed by atoms with Gasteiger partial charge in [-0.2, -0.15) is 0 Å². The van der Waals surface area contributed by atoms with Gasteiger partial charge >= 0.3 is 0 Å². The third-order valence-electron chi connectivity index (χ3n) is 2.15. The van der Waals surface area contributed by atoms with Gasteiger partial charge in [-0.3, -0.25) is 0 Å². The summed E-state index contributed by atoms with van der Waals surface area (Å²) in [6.07, 6.45) is -2.50. The lowest BCUT2D eigenvalue weighted by Gasteiger charge is -2.15. The first-order chi connectivity index (χ1) is 7.06. The van der Waals surface area contributed by atoms with Crippen molar-refractivity contribution in [1.82, 2.24) is 5.32 Å². The van der Waals surface area contributed by atoms with E-state index in [1.54, 1.807) is 0 Å². The summed E-state index contributed by atoms with van der Waals surface area (Å²) >= 11 is 5.65. The Morgan fingerprint density at radius 3 is 2.60 bits per heavy atom. The minimum absolute atomic E-state index is 0.00472. The first-order valence-electron chi connectivity index (χ1n) is 4.44. The maximum Gasteiger partial charge on any atom is 0.254 e. The van der Waals surface area contributed by atoms with Crippen molar-refractivity contribution >= 4 is 11.6 Å². The second kappa shape index (κ2) is 5.37. The fourth-order valence-electron chi connectivity index (χ4n) is 1.26. The Balaban J connectivity index is 2.84. The van der Waals surface area contributed by atoms with Crippen LogP contribution in [-0.2, 0) is 6.42 Å². The molecule has 1 nitrogen and oxygen atoms in total. The minimum Gasteiger partial charge on any atom is -0.312 e. The molecule has 0 amide bonds. The zero-order valence-corrected chi connectivity index (χ0v) is 8.86. The van der Waals surface area contributed by atoms with Gasteiger partial charge in [-0.05, 0) is 25.1 Å². The number of hydrogen-bond acceptors (Lipinski definition) is 1. The highest BCUT2D eigenvalue weighted by atomic mass is 35.5. The summed E-state index contributed by atoms with van der Waals surface area (Å²) in [6.45, 7) is 0. The van der Waals surface area contributed by atoms with Crippen LogP contribution >= 0.6 is 11.6 Å². The van der Waals surface area contributed by atoms with E-state index in [0.29, 0.717) is 5.56 Å². The lowest BCUT2D eigenvalue weighted by Crippen LogP contribution is -2.34. The maximum atomic E-state index is 13.0. The first-order valence-corrected chi connectivity index (χ1v) is 4.82. The standard InChI is InChI=1S/C10H11ClF3N/c1-15-8(10(13)14)5-6-3-2-4-7(12)9(6)11/h2-4,8,10,15H,5H2,1H3. The second-order valence-corrected chi connectivity index (χ2v) is 3.52. The molecule has 1 rings (SSSR count). The van der Waals surface area contributed by atoms with Gasteiger partial charge in [0, 0.05) is 0 Å². The van der Waals surface area contributed by atoms with Gasteiger partial charge in [-0.1, -0.05) is 23.7 Å². The average molecular weight is 238 g/mol. The van der Waals surface area contributed by atoms with E-state index < -0.39 is 18.3 Å². The Labute approximate surface area is 91.2 Å². The molecule has 84 valence electrons. The maximum absolute atomic E-state index is 13.0. The molecule has 5 heteroatoms. The summed E-state index contributed by atoms with van der Waals surface area (Å²) in [5.74, 6) is -0.585. The van der Waals surface area contributed by atoms with Crippen molar-refractivity contribution in [2.24, 2.45) is 0 Å². The van der Waals surface area contributed by atoms with E-state index in [0.717, 1.165) is 0 Å². The van der Waals surface area contributed by atoms with Crippen LogP contribution in [0.25, 0.3) is 0 Å². The molecule has 0 aliphatic heterocycles. The van der Waals surface area contributed by atoms with Crippen LogP contribution in [0.3, 0.4) is 0 Å². The van der Waals surface area contributed by atoms with Crippen LogP contribution in [0.1, 0.15) is 5.56 Å². The fourth-order valence-corrected chi connectivity index (χ4v) is 1.46. The SMILES string of the molecule is CNC(Cc1cccc(F)c1Cl)C(F)F. The summed E-state index contributed by atoms with van der Waals surface area (Å²) in [5.41, 5.74) is 0.385. The van der Waals surface area contributed by atoms with Crippen LogP contribution in [0.2, 0.25) is 5.02 Å². The summed E-state index contributed by atoms with van der Waals surface area (Å²) in [5, 5.41) is 2.38. The third-order valence-corrected chi connectivity index (χ3v) is 2.57. The molecule has 1 atom stereocenters. The van der Waals surface area contributed by atoms with E-state index in [1.807, 2.05) is 0 Å². The van der Waals surface area contributed by atoms with Crippen molar-refractivity contribution in [1.29, 1.82) is 0 Å². The van der Waals surface area contributed by atoms with Crippen molar-refractivity contribution in [3.8, 4) is 0 Å². The summed E-state index contributed by atoms with van der Waals surface area (Å²) in [6, 6.07) is 3.18. The van der Waals surface area contributed by atoms with Crippen LogP contribution < -0.4 is 5.32 Å². The minimum atomic E-state index is -2.51. The van der Waals surface area contributed by atoms with Crippen LogP contribution in [0.15, 0.2) is 18.2 Å². The van der Waals surface area contributed by atoms with Gasteiger partial charge in [0.25, 0.3) is 6.43 Å². The van der Waals surface area contributed by atoms with Crippen molar-refractivity contribution < 1.29 is 13.2 Å². The van der Waals surface area contributed by atoms with E-state index in [-0.39, 0.29) is 11.4 Å². The molecule has 0 bridgehead atoms. The molecule has 0 aromatic heterocycles. The number of alkyl halides is 2. The highest BCUT2D eigenvalue weighted by molar-refractivity contribution is 6.31. The Kier molecular flexibility index (Phi) is 4.42. The van der Waals surface area contributed by atoms with Gasteiger partial charge in [0.1, 0.15) is 5.82 Å². The zero-order chi connectivity index (χ0) is 11.4. The molecular formula is C10H11ClF3N. The Morgan fingerprint density at radius 1 is 1.40 bits per heavy atom. The van der Waals surface area contributed by atoms with Gasteiger partial charge in [-0.25, -0.2) is 13.2 Å². The lowest BCUT2D eigenvalue weighted by molar-refractivity contribution is 0.102. The highest BCUT2D eigenvalue weighted by Crippen LogP contribution is 2.22. The largest absolute Gasteiger partial charge is 0.312 e. The number of halogens is 4. The quantitative estimate of drug-likeness (QED) is 0.849. The highest BCUT2D eigenvalue weighted by Gasteiger charge is 2.20. The topological polar surface area (TPSA) is 12.0 Å². The van der Waals surface area contributed by atoms with Crippen LogP contribution in [0.4, 0.5) is 13.2 Å². The molecule has 1 aromatic carbocycles. The number of hydrogen-bond donors (Lipinski definition) is 1. The molecule has 0 fully saturated rings. The van der Waals surface area contributed by atoms with E-state index in [2.05, 4.69) is 5.32 Å². The average Bonchev–Trinajstić information content (AvgIpc) is 2.19. The second-order valence-electron chi connectivity index (χ2n) is 3.15. The predicted molar refractivity (Wildman–Crippen MR) is 54.0 cm³/mol. The molecule has 0 spiro atoms. The van der Waals surface area contributed by atoms with Crippen molar-refractivity contribution in [3.63, 3.8) is 0 Å². The smallest absolute Gasteiger partial charge is 0.254 e. The lowest BCUT2D eigenvalue weighted by atomic mass is 10.1. The van der Waals surface area contributed by atoms with Crippen LogP contribution in [0, 0.1) is 5.82 Å². The van der Waals surface area contributed by atoms with Gasteiger partial charge in [-0.15, -0.1) is 0 Å². The van der Waals surface area contributed by atoms with E-state index in [4.69, 9.17) is 11.6 Å². The molecule has 1 aromatic rings. The Morgan fingerprint density at radius 2 is 2.07 bits per heavy atom. The molecular weight excluding hydrogens is 227 g/mol. The van der Waals surface area contributed by atoms with Crippen molar-refractivity contribution in [3.05, 3.63) is 34.6 Å². The molecule has 0 aliphatic carbocycles. The van der Waals surface area contributed by atoms with Gasteiger partial charge in [0.15, 0.2) is 0 Å². The first kappa shape index (κ1) is 12.3. The monoisotopic (exact) mass is 237 g/mol. The molecule has 1 N–H and O–H groups in total. The third kappa shape index (κ3) is 3.11. The number of rotatable bonds is 4. The van der Waals surface area contributed by atoms with Gasteiger partial charge < -0.3 is 5.32 Å². The number of likely N-dealkylation sites (N-methyl/N-ethyl adjacent to an activating group) is 1. The van der Waals surface area contributed by atoms with Gasteiger partial charge in [0.2, 0.25) is 0 Å². The van der Waals surface area contributed by atoms with E-state index in [9.17, 15) is 13.2 Å². The normalized spacial score (nSPS) is 13.2. The fraction of sp³-hybridized carbons (Fsp3) is 0.400. The molecule has 0 saturated heterocycles. The molecule has 15 heavy (non-hydrogen) atoms. The number of benzene rings is 1. The summed E-state index contributed by atoms with van der Waals surface area (Å²) < 4.78 is 37.8. The molecule has 0 aliphatic rings. The van der Waals surface area contributed by atoms with Crippen molar-refractivity contribution in [2.75, 3.05) is 7.05 Å². The van der Waals surface area contributed by atoms with E-state index in [1.165, 1.54) is 25.2 Å².